The summed E-state index contributed by atoms with van der Waals surface area (Å²) in [6.45, 7) is 0. The first-order valence-corrected chi connectivity index (χ1v) is 6.50. The monoisotopic (exact) mass is 236 g/mol. The Morgan fingerprint density at radius 1 is 0.944 bits per heavy atom. The molecule has 1 aromatic carbocycles. The average Bonchev–Trinajstić information content (AvgIpc) is 2.46. The van der Waals surface area contributed by atoms with Crippen LogP contribution in [0.15, 0.2) is 36.5 Å². The third-order valence-electron chi connectivity index (χ3n) is 3.31. The molecule has 0 aliphatic heterocycles. The number of hydrogen-bond donors (Lipinski definition) is 0. The number of hydrogen-bond acceptors (Lipinski definition) is 2. The van der Waals surface area contributed by atoms with E-state index in [-0.39, 0.29) is 0 Å². The Hall–Kier alpha value is -1.96. The van der Waals surface area contributed by atoms with E-state index in [0.29, 0.717) is 0 Å². The molecule has 2 aromatic rings. The molecule has 0 bridgehead atoms. The zero-order valence-corrected chi connectivity index (χ0v) is 10.3. The molecule has 0 N–H and O–H groups in total. The minimum atomic E-state index is 0.819. The fourth-order valence-corrected chi connectivity index (χ4v) is 2.31. The van der Waals surface area contributed by atoms with Crippen LogP contribution in [0.25, 0.3) is 12.2 Å². The van der Waals surface area contributed by atoms with Crippen molar-refractivity contribution < 1.29 is 0 Å². The van der Waals surface area contributed by atoms with E-state index in [2.05, 4.69) is 28.2 Å². The molecule has 3 rings (SSSR count). The Labute approximate surface area is 107 Å². The summed E-state index contributed by atoms with van der Waals surface area (Å²) in [7, 11) is 0. The molecule has 0 amide bonds. The van der Waals surface area contributed by atoms with Gasteiger partial charge in [0.2, 0.25) is 0 Å². The molecule has 2 nitrogen and oxygen atoms in total. The number of aryl methyl sites for hydroxylation is 2. The Morgan fingerprint density at radius 2 is 1.78 bits per heavy atom. The van der Waals surface area contributed by atoms with E-state index in [1.54, 1.807) is 0 Å². The van der Waals surface area contributed by atoms with E-state index in [0.717, 1.165) is 18.7 Å². The van der Waals surface area contributed by atoms with Crippen LogP contribution in [0.4, 0.5) is 0 Å². The average molecular weight is 236 g/mol. The quantitative estimate of drug-likeness (QED) is 0.797. The summed E-state index contributed by atoms with van der Waals surface area (Å²) < 4.78 is 0. The van der Waals surface area contributed by atoms with Crippen molar-refractivity contribution in [2.45, 2.75) is 25.7 Å². The van der Waals surface area contributed by atoms with E-state index in [1.807, 2.05) is 30.5 Å². The van der Waals surface area contributed by atoms with E-state index in [9.17, 15) is 0 Å². The van der Waals surface area contributed by atoms with Crippen molar-refractivity contribution in [3.63, 3.8) is 0 Å². The fraction of sp³-hybridized carbons (Fsp3) is 0.250. The minimum Gasteiger partial charge on any atom is -0.237 e. The van der Waals surface area contributed by atoms with Crippen LogP contribution in [0.5, 0.6) is 0 Å². The van der Waals surface area contributed by atoms with E-state index in [4.69, 9.17) is 0 Å². The van der Waals surface area contributed by atoms with E-state index >= 15 is 0 Å². The second kappa shape index (κ2) is 5.13. The molecule has 0 unspecified atom stereocenters. The van der Waals surface area contributed by atoms with Crippen LogP contribution in [0, 0.1) is 0 Å². The van der Waals surface area contributed by atoms with Gasteiger partial charge in [-0.2, -0.15) is 0 Å². The van der Waals surface area contributed by atoms with Gasteiger partial charge in [-0.05, 0) is 42.9 Å². The molecule has 0 saturated carbocycles. The summed E-state index contributed by atoms with van der Waals surface area (Å²) in [5.74, 6) is 0.819. The second-order valence-corrected chi connectivity index (χ2v) is 4.65. The summed E-state index contributed by atoms with van der Waals surface area (Å²) >= 11 is 0. The van der Waals surface area contributed by atoms with Crippen LogP contribution < -0.4 is 0 Å². The van der Waals surface area contributed by atoms with Crippen LogP contribution in [-0.2, 0) is 12.8 Å². The molecule has 1 aliphatic carbocycles. The topological polar surface area (TPSA) is 25.8 Å². The molecule has 1 heterocycles. The van der Waals surface area contributed by atoms with Gasteiger partial charge in [0.25, 0.3) is 0 Å². The van der Waals surface area contributed by atoms with E-state index in [1.165, 1.54) is 29.7 Å². The summed E-state index contributed by atoms with van der Waals surface area (Å²) in [4.78, 5) is 9.04. The molecule has 90 valence electrons. The van der Waals surface area contributed by atoms with Gasteiger partial charge < -0.3 is 0 Å². The van der Waals surface area contributed by atoms with Gasteiger partial charge in [0.1, 0.15) is 0 Å². The Balaban J connectivity index is 1.83. The van der Waals surface area contributed by atoms with Crippen LogP contribution in [0.1, 0.15) is 35.5 Å². The molecule has 0 spiro atoms. The van der Waals surface area contributed by atoms with Crippen LogP contribution >= 0.6 is 0 Å². The van der Waals surface area contributed by atoms with Gasteiger partial charge in [-0.3, -0.25) is 0 Å². The van der Waals surface area contributed by atoms with Crippen LogP contribution in [0.3, 0.4) is 0 Å². The molecule has 2 heteroatoms. The first-order chi connectivity index (χ1) is 8.92. The standard InChI is InChI=1S/C16H16N2/c1-2-6-13(7-3-1)10-11-16-17-12-14-8-4-5-9-15(14)18-16/h1-3,6-7,10-12H,4-5,8-9H2/b11-10+. The highest BCUT2D eigenvalue weighted by Gasteiger charge is 2.10. The highest BCUT2D eigenvalue weighted by molar-refractivity contribution is 5.66. The maximum atomic E-state index is 4.63. The van der Waals surface area contributed by atoms with Gasteiger partial charge in [0.15, 0.2) is 5.82 Å². The molecule has 1 aromatic heterocycles. The first-order valence-electron chi connectivity index (χ1n) is 6.50. The van der Waals surface area contributed by atoms with Crippen molar-refractivity contribution in [1.82, 2.24) is 9.97 Å². The zero-order chi connectivity index (χ0) is 12.2. The molecular weight excluding hydrogens is 220 g/mol. The van der Waals surface area contributed by atoms with Crippen molar-refractivity contribution in [2.75, 3.05) is 0 Å². The lowest BCUT2D eigenvalue weighted by Crippen LogP contribution is -2.07. The van der Waals surface area contributed by atoms with Gasteiger partial charge >= 0.3 is 0 Å². The summed E-state index contributed by atoms with van der Waals surface area (Å²) in [6, 6.07) is 10.2. The molecule has 0 radical (unpaired) electrons. The predicted molar refractivity (Wildman–Crippen MR) is 74.0 cm³/mol. The Bertz CT molecular complexity index is 559. The Morgan fingerprint density at radius 3 is 2.67 bits per heavy atom. The maximum Gasteiger partial charge on any atom is 0.152 e. The molecular formula is C16H16N2. The number of nitrogens with zero attached hydrogens (tertiary/aromatic N) is 2. The molecule has 1 aliphatic rings. The highest BCUT2D eigenvalue weighted by atomic mass is 14.9. The van der Waals surface area contributed by atoms with Crippen molar-refractivity contribution in [3.8, 4) is 0 Å². The van der Waals surface area contributed by atoms with Crippen LogP contribution in [0.2, 0.25) is 0 Å². The lowest BCUT2D eigenvalue weighted by atomic mass is 9.97. The number of aromatic nitrogens is 2. The van der Waals surface area contributed by atoms with Gasteiger partial charge in [-0.1, -0.05) is 36.4 Å². The maximum absolute atomic E-state index is 4.63. The summed E-state index contributed by atoms with van der Waals surface area (Å²) in [5, 5.41) is 0. The van der Waals surface area contributed by atoms with Gasteiger partial charge in [0, 0.05) is 11.9 Å². The SMILES string of the molecule is C(=C\c1ncc2c(n1)CCCC2)/c1ccccc1. The zero-order valence-electron chi connectivity index (χ0n) is 10.3. The third kappa shape index (κ3) is 2.48. The number of fused-ring (bicyclic) bond motifs is 1. The molecule has 18 heavy (non-hydrogen) atoms. The first kappa shape index (κ1) is 11.1. The second-order valence-electron chi connectivity index (χ2n) is 4.65. The largest absolute Gasteiger partial charge is 0.237 e. The molecule has 0 atom stereocenters. The van der Waals surface area contributed by atoms with Crippen molar-refractivity contribution in [3.05, 3.63) is 59.2 Å². The lowest BCUT2D eigenvalue weighted by molar-refractivity contribution is 0.661. The van der Waals surface area contributed by atoms with Crippen molar-refractivity contribution in [1.29, 1.82) is 0 Å². The summed E-state index contributed by atoms with van der Waals surface area (Å²) in [6.07, 6.45) is 10.8. The normalized spacial score (nSPS) is 14.7. The van der Waals surface area contributed by atoms with E-state index < -0.39 is 0 Å². The Kier molecular flexibility index (Phi) is 3.18. The van der Waals surface area contributed by atoms with Gasteiger partial charge in [-0.25, -0.2) is 9.97 Å². The minimum absolute atomic E-state index is 0.819. The highest BCUT2D eigenvalue weighted by Crippen LogP contribution is 2.18. The number of benzene rings is 1. The molecule has 0 fully saturated rings. The smallest absolute Gasteiger partial charge is 0.152 e. The molecule has 0 saturated heterocycles. The van der Waals surface area contributed by atoms with Crippen molar-refractivity contribution >= 4 is 12.2 Å². The number of rotatable bonds is 2. The van der Waals surface area contributed by atoms with Crippen molar-refractivity contribution in [2.24, 2.45) is 0 Å². The fourth-order valence-electron chi connectivity index (χ4n) is 2.31. The van der Waals surface area contributed by atoms with Crippen LogP contribution in [-0.4, -0.2) is 9.97 Å². The lowest BCUT2D eigenvalue weighted by Gasteiger charge is -2.13. The predicted octanol–water partition coefficient (Wildman–Crippen LogP) is 3.53. The summed E-state index contributed by atoms with van der Waals surface area (Å²) in [5.41, 5.74) is 3.75. The van der Waals surface area contributed by atoms with Gasteiger partial charge in [-0.15, -0.1) is 0 Å². The van der Waals surface area contributed by atoms with Gasteiger partial charge in [0.05, 0.1) is 0 Å². The third-order valence-corrected chi connectivity index (χ3v) is 3.31.